The highest BCUT2D eigenvalue weighted by molar-refractivity contribution is 8.13. The molecule has 0 spiro atoms. The van der Waals surface area contributed by atoms with Crippen molar-refractivity contribution < 1.29 is 0 Å². The Balaban J connectivity index is 3.95. The van der Waals surface area contributed by atoms with Crippen LogP contribution in [0.25, 0.3) is 0 Å². The van der Waals surface area contributed by atoms with Crippen molar-refractivity contribution >= 4 is 22.6 Å². The Bertz CT molecular complexity index is 138. The predicted octanol–water partition coefficient (Wildman–Crippen LogP) is 1.82. The molecule has 52 valence electrons. The molecule has 0 aliphatic rings. The highest BCUT2D eigenvalue weighted by Gasteiger charge is 1.85. The molecular weight excluding hydrogens is 132 g/mol. The zero-order valence-corrected chi connectivity index (χ0v) is 7.12. The van der Waals surface area contributed by atoms with E-state index in [2.05, 4.69) is 9.98 Å². The standard InChI is InChI=1S/C6H12N2S/c1-5(7-3)8-6(2)9-4/h1-4H3. The van der Waals surface area contributed by atoms with E-state index in [1.54, 1.807) is 18.8 Å². The van der Waals surface area contributed by atoms with Gasteiger partial charge in [-0.2, -0.15) is 0 Å². The summed E-state index contributed by atoms with van der Waals surface area (Å²) in [6, 6.07) is 0. The minimum Gasteiger partial charge on any atom is -0.274 e. The van der Waals surface area contributed by atoms with Gasteiger partial charge in [-0.1, -0.05) is 0 Å². The molecule has 2 nitrogen and oxygen atoms in total. The van der Waals surface area contributed by atoms with Crippen LogP contribution in [0.1, 0.15) is 13.8 Å². The largest absolute Gasteiger partial charge is 0.274 e. The number of thioether (sulfide) groups is 1. The number of rotatable bonds is 0. The van der Waals surface area contributed by atoms with E-state index in [4.69, 9.17) is 0 Å². The molecule has 0 radical (unpaired) electrons. The zero-order chi connectivity index (χ0) is 7.28. The van der Waals surface area contributed by atoms with Crippen LogP contribution in [-0.4, -0.2) is 24.2 Å². The van der Waals surface area contributed by atoms with Crippen molar-refractivity contribution in [3.63, 3.8) is 0 Å². The molecule has 0 rings (SSSR count). The monoisotopic (exact) mass is 144 g/mol. The minimum atomic E-state index is 0.835. The second-order valence-electron chi connectivity index (χ2n) is 1.61. The molecule has 0 aromatic rings. The molecule has 0 unspecified atom stereocenters. The third-order valence-electron chi connectivity index (χ3n) is 0.938. The van der Waals surface area contributed by atoms with Crippen molar-refractivity contribution in [2.24, 2.45) is 9.98 Å². The van der Waals surface area contributed by atoms with Gasteiger partial charge in [-0.3, -0.25) is 4.99 Å². The molecule has 0 fully saturated rings. The summed E-state index contributed by atoms with van der Waals surface area (Å²) in [7, 11) is 1.74. The van der Waals surface area contributed by atoms with Crippen molar-refractivity contribution in [3.05, 3.63) is 0 Å². The lowest BCUT2D eigenvalue weighted by Gasteiger charge is -1.91. The Morgan fingerprint density at radius 2 is 1.89 bits per heavy atom. The number of aliphatic imine (C=N–C) groups is 2. The lowest BCUT2D eigenvalue weighted by atomic mass is 10.7. The highest BCUT2D eigenvalue weighted by Crippen LogP contribution is 1.96. The molecule has 0 saturated heterocycles. The van der Waals surface area contributed by atoms with E-state index in [1.807, 2.05) is 20.1 Å². The molecule has 0 aromatic carbocycles. The van der Waals surface area contributed by atoms with Crippen LogP contribution in [0.3, 0.4) is 0 Å². The maximum Gasteiger partial charge on any atom is 0.120 e. The van der Waals surface area contributed by atoms with Crippen molar-refractivity contribution in [3.8, 4) is 0 Å². The van der Waals surface area contributed by atoms with Crippen molar-refractivity contribution in [2.45, 2.75) is 13.8 Å². The van der Waals surface area contributed by atoms with Crippen LogP contribution in [0, 0.1) is 0 Å². The van der Waals surface area contributed by atoms with Crippen molar-refractivity contribution in [1.29, 1.82) is 0 Å². The molecule has 0 N–H and O–H groups in total. The summed E-state index contributed by atoms with van der Waals surface area (Å²) >= 11 is 1.64. The second-order valence-corrected chi connectivity index (χ2v) is 2.60. The Hall–Kier alpha value is -0.310. The molecule has 0 bridgehead atoms. The van der Waals surface area contributed by atoms with Gasteiger partial charge >= 0.3 is 0 Å². The lowest BCUT2D eigenvalue weighted by molar-refractivity contribution is 1.38. The Kier molecular flexibility index (Phi) is 4.40. The fourth-order valence-electron chi connectivity index (χ4n) is 0.324. The van der Waals surface area contributed by atoms with Crippen LogP contribution in [0.4, 0.5) is 0 Å². The molecule has 0 heterocycles. The minimum absolute atomic E-state index is 0.835. The summed E-state index contributed by atoms with van der Waals surface area (Å²) in [5, 5.41) is 1.05. The van der Waals surface area contributed by atoms with E-state index in [0.717, 1.165) is 10.9 Å². The number of amidine groups is 1. The second kappa shape index (κ2) is 4.56. The average molecular weight is 144 g/mol. The van der Waals surface area contributed by atoms with Gasteiger partial charge in [0.05, 0.1) is 5.04 Å². The fraction of sp³-hybridized carbons (Fsp3) is 0.667. The van der Waals surface area contributed by atoms with Crippen LogP contribution in [-0.2, 0) is 0 Å². The van der Waals surface area contributed by atoms with E-state index in [1.165, 1.54) is 0 Å². The molecular formula is C6H12N2S. The van der Waals surface area contributed by atoms with Crippen LogP contribution in [0.2, 0.25) is 0 Å². The molecule has 0 amide bonds. The van der Waals surface area contributed by atoms with Crippen LogP contribution in [0.15, 0.2) is 9.98 Å². The van der Waals surface area contributed by atoms with Crippen LogP contribution >= 0.6 is 11.8 Å². The zero-order valence-electron chi connectivity index (χ0n) is 6.30. The van der Waals surface area contributed by atoms with Gasteiger partial charge in [0.1, 0.15) is 5.84 Å². The molecule has 0 saturated carbocycles. The first kappa shape index (κ1) is 8.69. The fourth-order valence-corrected chi connectivity index (χ4v) is 0.547. The Morgan fingerprint density at radius 3 is 2.22 bits per heavy atom. The van der Waals surface area contributed by atoms with E-state index in [9.17, 15) is 0 Å². The van der Waals surface area contributed by atoms with E-state index in [-0.39, 0.29) is 0 Å². The summed E-state index contributed by atoms with van der Waals surface area (Å²) in [6.45, 7) is 3.86. The van der Waals surface area contributed by atoms with E-state index < -0.39 is 0 Å². The maximum absolute atomic E-state index is 4.14. The maximum atomic E-state index is 4.14. The van der Waals surface area contributed by atoms with Gasteiger partial charge in [0.15, 0.2) is 0 Å². The van der Waals surface area contributed by atoms with Gasteiger partial charge in [-0.15, -0.1) is 11.8 Å². The quantitative estimate of drug-likeness (QED) is 0.376. The SMILES string of the molecule is CN=C(C)N=C(C)SC. The molecule has 0 atom stereocenters. The first-order valence-corrected chi connectivity index (χ1v) is 3.96. The summed E-state index contributed by atoms with van der Waals surface area (Å²) in [4.78, 5) is 8.04. The predicted molar refractivity (Wildman–Crippen MR) is 45.7 cm³/mol. The smallest absolute Gasteiger partial charge is 0.120 e. The Labute approximate surface area is 60.5 Å². The summed E-state index contributed by atoms with van der Waals surface area (Å²) in [6.07, 6.45) is 2.00. The van der Waals surface area contributed by atoms with Crippen molar-refractivity contribution in [2.75, 3.05) is 13.3 Å². The van der Waals surface area contributed by atoms with Crippen LogP contribution in [0.5, 0.6) is 0 Å². The number of hydrogen-bond acceptors (Lipinski definition) is 2. The normalized spacial score (nSPS) is 14.2. The first-order valence-electron chi connectivity index (χ1n) is 2.73. The third-order valence-corrected chi connectivity index (χ3v) is 1.62. The van der Waals surface area contributed by atoms with Gasteiger partial charge in [0.2, 0.25) is 0 Å². The lowest BCUT2D eigenvalue weighted by Crippen LogP contribution is -1.89. The highest BCUT2D eigenvalue weighted by atomic mass is 32.2. The van der Waals surface area contributed by atoms with Crippen LogP contribution < -0.4 is 0 Å². The third kappa shape index (κ3) is 4.21. The topological polar surface area (TPSA) is 24.7 Å². The molecule has 0 aliphatic carbocycles. The molecule has 3 heteroatoms. The van der Waals surface area contributed by atoms with E-state index >= 15 is 0 Å². The van der Waals surface area contributed by atoms with Crippen molar-refractivity contribution in [1.82, 2.24) is 0 Å². The average Bonchev–Trinajstić information content (AvgIpc) is 1.87. The first-order chi connectivity index (χ1) is 4.20. The summed E-state index contributed by atoms with van der Waals surface area (Å²) < 4.78 is 0. The Morgan fingerprint density at radius 1 is 1.33 bits per heavy atom. The number of hydrogen-bond donors (Lipinski definition) is 0. The van der Waals surface area contributed by atoms with Gasteiger partial charge in [-0.25, -0.2) is 4.99 Å². The number of nitrogens with zero attached hydrogens (tertiary/aromatic N) is 2. The van der Waals surface area contributed by atoms with Gasteiger partial charge < -0.3 is 0 Å². The van der Waals surface area contributed by atoms with Gasteiger partial charge in [-0.05, 0) is 20.1 Å². The van der Waals surface area contributed by atoms with E-state index in [0.29, 0.717) is 0 Å². The summed E-state index contributed by atoms with van der Waals surface area (Å²) in [5.41, 5.74) is 0. The molecule has 0 aliphatic heterocycles. The molecule has 9 heavy (non-hydrogen) atoms. The molecule has 0 aromatic heterocycles. The summed E-state index contributed by atoms with van der Waals surface area (Å²) in [5.74, 6) is 0.835. The van der Waals surface area contributed by atoms with Gasteiger partial charge in [0, 0.05) is 7.05 Å². The van der Waals surface area contributed by atoms with Gasteiger partial charge in [0.25, 0.3) is 0 Å².